The lowest BCUT2D eigenvalue weighted by Gasteiger charge is -2.03. The van der Waals surface area contributed by atoms with Crippen LogP contribution in [0.5, 0.6) is 0 Å². The summed E-state index contributed by atoms with van der Waals surface area (Å²) in [5, 5.41) is 11.5. The van der Waals surface area contributed by atoms with Crippen LogP contribution in [0.4, 0.5) is 5.13 Å². The van der Waals surface area contributed by atoms with Crippen LogP contribution in [0.1, 0.15) is 32.6 Å². The quantitative estimate of drug-likeness (QED) is 0.507. The highest BCUT2D eigenvalue weighted by molar-refractivity contribution is 8.00. The first-order valence-corrected chi connectivity index (χ1v) is 9.71. The van der Waals surface area contributed by atoms with Crippen LogP contribution in [-0.4, -0.2) is 16.1 Å². The van der Waals surface area contributed by atoms with E-state index in [1.165, 1.54) is 28.0 Å². The van der Waals surface area contributed by atoms with Gasteiger partial charge in [-0.15, -0.1) is 10.2 Å². The van der Waals surface area contributed by atoms with Crippen molar-refractivity contribution in [2.75, 3.05) is 5.32 Å². The van der Waals surface area contributed by atoms with Crippen molar-refractivity contribution in [3.8, 4) is 0 Å². The van der Waals surface area contributed by atoms with Crippen LogP contribution in [0.3, 0.4) is 0 Å². The van der Waals surface area contributed by atoms with E-state index >= 15 is 0 Å². The van der Waals surface area contributed by atoms with E-state index in [1.807, 2.05) is 19.1 Å². The molecule has 0 atom stereocenters. The van der Waals surface area contributed by atoms with Gasteiger partial charge in [0.2, 0.25) is 5.13 Å². The maximum atomic E-state index is 12.2. The first-order chi connectivity index (χ1) is 12.0. The summed E-state index contributed by atoms with van der Waals surface area (Å²) >= 11 is 3.03. The summed E-state index contributed by atoms with van der Waals surface area (Å²) in [6.07, 6.45) is 0. The highest BCUT2D eigenvalue weighted by Crippen LogP contribution is 2.29. The maximum Gasteiger partial charge on any atom is 0.257 e. The summed E-state index contributed by atoms with van der Waals surface area (Å²) in [5.74, 6) is 0.672. The highest BCUT2D eigenvalue weighted by atomic mass is 32.2. The zero-order chi connectivity index (χ0) is 17.8. The number of aryl methyl sites for hydroxylation is 3. The first-order valence-electron chi connectivity index (χ1n) is 7.91. The van der Waals surface area contributed by atoms with E-state index in [2.05, 4.69) is 47.6 Å². The minimum Gasteiger partial charge on any atom is -0.296 e. The Morgan fingerprint density at radius 1 is 1.00 bits per heavy atom. The van der Waals surface area contributed by atoms with E-state index in [4.69, 9.17) is 0 Å². The average Bonchev–Trinajstić information content (AvgIpc) is 3.00. The van der Waals surface area contributed by atoms with Gasteiger partial charge in [0.1, 0.15) is 0 Å². The third-order valence-electron chi connectivity index (χ3n) is 3.58. The molecule has 6 heteroatoms. The lowest BCUT2D eigenvalue weighted by molar-refractivity contribution is 0.102. The van der Waals surface area contributed by atoms with Crippen LogP contribution in [0.2, 0.25) is 0 Å². The van der Waals surface area contributed by atoms with Gasteiger partial charge in [-0.25, -0.2) is 0 Å². The molecule has 0 aliphatic rings. The van der Waals surface area contributed by atoms with Gasteiger partial charge < -0.3 is 0 Å². The van der Waals surface area contributed by atoms with Crippen LogP contribution in [-0.2, 0) is 5.75 Å². The van der Waals surface area contributed by atoms with E-state index in [0.29, 0.717) is 10.7 Å². The predicted molar refractivity (Wildman–Crippen MR) is 105 cm³/mol. The van der Waals surface area contributed by atoms with Gasteiger partial charge in [0.25, 0.3) is 5.91 Å². The van der Waals surface area contributed by atoms with Gasteiger partial charge in [-0.2, -0.15) is 0 Å². The molecule has 1 heterocycles. The zero-order valence-corrected chi connectivity index (χ0v) is 16.0. The van der Waals surface area contributed by atoms with E-state index in [-0.39, 0.29) is 5.91 Å². The fraction of sp³-hybridized carbons (Fsp3) is 0.211. The number of carbonyl (C=O) groups excluding carboxylic acids is 1. The predicted octanol–water partition coefficient (Wildman–Crippen LogP) is 5.01. The molecule has 0 aliphatic heterocycles. The Labute approximate surface area is 155 Å². The van der Waals surface area contributed by atoms with Gasteiger partial charge in [0.05, 0.1) is 0 Å². The Kier molecular flexibility index (Phi) is 5.50. The third-order valence-corrected chi connectivity index (χ3v) is 5.63. The number of nitrogens with one attached hydrogen (secondary N) is 1. The normalized spacial score (nSPS) is 10.7. The molecule has 1 N–H and O–H groups in total. The van der Waals surface area contributed by atoms with Gasteiger partial charge in [-0.05, 0) is 38.5 Å². The second kappa shape index (κ2) is 7.80. The number of aromatic nitrogens is 2. The van der Waals surface area contributed by atoms with E-state index in [1.54, 1.807) is 23.9 Å². The fourth-order valence-corrected chi connectivity index (χ4v) is 4.17. The number of carbonyl (C=O) groups is 1. The summed E-state index contributed by atoms with van der Waals surface area (Å²) < 4.78 is 0.846. The molecule has 0 fully saturated rings. The topological polar surface area (TPSA) is 54.9 Å². The molecule has 2 aromatic carbocycles. The van der Waals surface area contributed by atoms with E-state index in [9.17, 15) is 4.79 Å². The van der Waals surface area contributed by atoms with Crippen molar-refractivity contribution in [1.82, 2.24) is 10.2 Å². The van der Waals surface area contributed by atoms with Gasteiger partial charge in [-0.1, -0.05) is 70.1 Å². The van der Waals surface area contributed by atoms with E-state index < -0.39 is 0 Å². The fourth-order valence-electron chi connectivity index (χ4n) is 2.49. The largest absolute Gasteiger partial charge is 0.296 e. The minimum absolute atomic E-state index is 0.165. The molecule has 0 bridgehead atoms. The van der Waals surface area contributed by atoms with Crippen LogP contribution in [0.15, 0.2) is 46.8 Å². The number of hydrogen-bond acceptors (Lipinski definition) is 5. The van der Waals surface area contributed by atoms with Gasteiger partial charge >= 0.3 is 0 Å². The van der Waals surface area contributed by atoms with Gasteiger partial charge in [-0.3, -0.25) is 10.1 Å². The lowest BCUT2D eigenvalue weighted by atomic mass is 10.1. The Bertz CT molecular complexity index is 868. The van der Waals surface area contributed by atoms with Crippen LogP contribution in [0, 0.1) is 20.8 Å². The van der Waals surface area contributed by atoms with Crippen molar-refractivity contribution in [3.05, 3.63) is 70.3 Å². The molecule has 0 saturated heterocycles. The van der Waals surface area contributed by atoms with Crippen molar-refractivity contribution in [1.29, 1.82) is 0 Å². The number of nitrogens with zero attached hydrogens (tertiary/aromatic N) is 2. The molecule has 4 nitrogen and oxygen atoms in total. The monoisotopic (exact) mass is 369 g/mol. The van der Waals surface area contributed by atoms with Crippen molar-refractivity contribution in [2.24, 2.45) is 0 Å². The number of amides is 1. The Balaban J connectivity index is 1.60. The number of benzene rings is 2. The van der Waals surface area contributed by atoms with Crippen molar-refractivity contribution in [2.45, 2.75) is 30.9 Å². The molecule has 1 amide bonds. The minimum atomic E-state index is -0.165. The zero-order valence-electron chi connectivity index (χ0n) is 14.4. The van der Waals surface area contributed by atoms with Crippen molar-refractivity contribution < 1.29 is 4.79 Å². The van der Waals surface area contributed by atoms with Gasteiger partial charge in [0, 0.05) is 11.3 Å². The molecule has 0 aliphatic carbocycles. The summed E-state index contributed by atoms with van der Waals surface area (Å²) in [5.41, 5.74) is 5.53. The highest BCUT2D eigenvalue weighted by Gasteiger charge is 2.10. The van der Waals surface area contributed by atoms with Crippen molar-refractivity contribution in [3.63, 3.8) is 0 Å². The van der Waals surface area contributed by atoms with Crippen molar-refractivity contribution >= 4 is 34.1 Å². The molecule has 128 valence electrons. The second-order valence-electron chi connectivity index (χ2n) is 5.98. The summed E-state index contributed by atoms with van der Waals surface area (Å²) in [4.78, 5) is 12.2. The number of hydrogen-bond donors (Lipinski definition) is 1. The summed E-state index contributed by atoms with van der Waals surface area (Å²) in [7, 11) is 0. The van der Waals surface area contributed by atoms with Crippen LogP contribution >= 0.6 is 23.1 Å². The molecule has 0 spiro atoms. The average molecular weight is 370 g/mol. The smallest absolute Gasteiger partial charge is 0.257 e. The molecular weight excluding hydrogens is 350 g/mol. The molecular formula is C19H19N3OS2. The first kappa shape index (κ1) is 17.6. The molecule has 0 saturated carbocycles. The summed E-state index contributed by atoms with van der Waals surface area (Å²) in [6, 6.07) is 14.0. The van der Waals surface area contributed by atoms with E-state index in [0.717, 1.165) is 15.7 Å². The SMILES string of the molecule is Cc1ccc(C(=O)Nc2nnc(SCc3cc(C)cc(C)c3)s2)cc1. The van der Waals surface area contributed by atoms with Crippen LogP contribution < -0.4 is 5.32 Å². The Morgan fingerprint density at radius 3 is 2.36 bits per heavy atom. The molecule has 0 radical (unpaired) electrons. The van der Waals surface area contributed by atoms with Gasteiger partial charge in [0.15, 0.2) is 4.34 Å². The second-order valence-corrected chi connectivity index (χ2v) is 8.18. The Hall–Kier alpha value is -2.18. The lowest BCUT2D eigenvalue weighted by Crippen LogP contribution is -2.11. The maximum absolute atomic E-state index is 12.2. The van der Waals surface area contributed by atoms with Crippen LogP contribution in [0.25, 0.3) is 0 Å². The molecule has 0 unspecified atom stereocenters. The standard InChI is InChI=1S/C19H19N3OS2/c1-12-4-6-16(7-5-12)17(23)20-18-21-22-19(25-18)24-11-15-9-13(2)8-14(3)10-15/h4-10H,11H2,1-3H3,(H,20,21,23). The number of anilines is 1. The molecule has 3 rings (SSSR count). The molecule has 1 aromatic heterocycles. The molecule has 3 aromatic rings. The Morgan fingerprint density at radius 2 is 1.68 bits per heavy atom. The molecule has 25 heavy (non-hydrogen) atoms. The number of rotatable bonds is 5. The number of thioether (sulfide) groups is 1. The third kappa shape index (κ3) is 4.90. The summed E-state index contributed by atoms with van der Waals surface area (Å²) in [6.45, 7) is 6.20.